The molecule has 0 aliphatic rings. The Morgan fingerprint density at radius 2 is 2.05 bits per heavy atom. The van der Waals surface area contributed by atoms with Crippen molar-refractivity contribution in [1.82, 2.24) is 10.0 Å². The normalized spacial score (nSPS) is 11.8. The number of halogens is 2. The van der Waals surface area contributed by atoms with Gasteiger partial charge in [-0.25, -0.2) is 13.1 Å². The van der Waals surface area contributed by atoms with Gasteiger partial charge in [0.15, 0.2) is 0 Å². The van der Waals surface area contributed by atoms with Crippen LogP contribution in [0.15, 0.2) is 39.0 Å². The van der Waals surface area contributed by atoms with Gasteiger partial charge >= 0.3 is 0 Å². The molecule has 2 rings (SSSR count). The Morgan fingerprint density at radius 1 is 1.29 bits per heavy atom. The molecule has 0 saturated carbocycles. The number of hydrogen-bond acceptors (Lipinski definition) is 4. The number of benzene rings is 1. The van der Waals surface area contributed by atoms with E-state index in [-0.39, 0.29) is 11.4 Å². The van der Waals surface area contributed by atoms with E-state index in [1.807, 2.05) is 11.4 Å². The van der Waals surface area contributed by atoms with E-state index in [2.05, 4.69) is 26.0 Å². The van der Waals surface area contributed by atoms with Crippen molar-refractivity contribution in [1.29, 1.82) is 0 Å². The van der Waals surface area contributed by atoms with E-state index in [0.29, 0.717) is 11.6 Å². The molecule has 0 aliphatic heterocycles. The third kappa shape index (κ3) is 4.28. The standard InChI is InChI=1S/C13H14BrClN2O2S2/c1-16-7-9-6-10(2-3-12(9)15)21(18,19)17-8-13-11(14)4-5-20-13/h2-6,16-17H,7-8H2,1H3. The molecular weight excluding hydrogens is 396 g/mol. The molecule has 0 spiro atoms. The van der Waals surface area contributed by atoms with Gasteiger partial charge in [0.25, 0.3) is 0 Å². The van der Waals surface area contributed by atoms with Crippen LogP contribution in [-0.4, -0.2) is 15.5 Å². The topological polar surface area (TPSA) is 58.2 Å². The molecule has 0 radical (unpaired) electrons. The Labute approximate surface area is 141 Å². The molecule has 0 unspecified atom stereocenters. The van der Waals surface area contributed by atoms with Crippen LogP contribution >= 0.6 is 38.9 Å². The summed E-state index contributed by atoms with van der Waals surface area (Å²) in [4.78, 5) is 1.15. The monoisotopic (exact) mass is 408 g/mol. The number of hydrogen-bond donors (Lipinski definition) is 2. The van der Waals surface area contributed by atoms with Crippen molar-refractivity contribution in [2.75, 3.05) is 7.05 Å². The van der Waals surface area contributed by atoms with Crippen molar-refractivity contribution in [2.45, 2.75) is 18.0 Å². The smallest absolute Gasteiger partial charge is 0.240 e. The maximum atomic E-state index is 12.3. The second kappa shape index (κ2) is 7.21. The van der Waals surface area contributed by atoms with E-state index in [0.717, 1.165) is 14.9 Å². The largest absolute Gasteiger partial charge is 0.316 e. The Kier molecular flexibility index (Phi) is 5.81. The van der Waals surface area contributed by atoms with Gasteiger partial charge in [0.2, 0.25) is 10.0 Å². The molecule has 0 fully saturated rings. The zero-order valence-corrected chi connectivity index (χ0v) is 15.2. The summed E-state index contributed by atoms with van der Waals surface area (Å²) >= 11 is 10.9. The lowest BCUT2D eigenvalue weighted by Crippen LogP contribution is -2.23. The van der Waals surface area contributed by atoms with Gasteiger partial charge in [-0.05, 0) is 58.2 Å². The SMILES string of the molecule is CNCc1cc(S(=O)(=O)NCc2sccc2Br)ccc1Cl. The van der Waals surface area contributed by atoms with Crippen molar-refractivity contribution in [2.24, 2.45) is 0 Å². The average Bonchev–Trinajstić information content (AvgIpc) is 2.85. The van der Waals surface area contributed by atoms with Gasteiger partial charge in [0.05, 0.1) is 4.90 Å². The molecule has 0 amide bonds. The predicted molar refractivity (Wildman–Crippen MR) is 90.3 cm³/mol. The fraction of sp³-hybridized carbons (Fsp3) is 0.231. The maximum absolute atomic E-state index is 12.3. The van der Waals surface area contributed by atoms with E-state index in [9.17, 15) is 8.42 Å². The lowest BCUT2D eigenvalue weighted by atomic mass is 10.2. The molecule has 2 aromatic rings. The molecule has 0 atom stereocenters. The van der Waals surface area contributed by atoms with Gasteiger partial charge in [0, 0.05) is 27.5 Å². The first-order valence-electron chi connectivity index (χ1n) is 6.08. The lowest BCUT2D eigenvalue weighted by molar-refractivity contribution is 0.581. The van der Waals surface area contributed by atoms with Gasteiger partial charge < -0.3 is 5.32 Å². The van der Waals surface area contributed by atoms with Gasteiger partial charge in [-0.15, -0.1) is 11.3 Å². The van der Waals surface area contributed by atoms with Crippen LogP contribution in [-0.2, 0) is 23.1 Å². The Morgan fingerprint density at radius 3 is 2.67 bits per heavy atom. The van der Waals surface area contributed by atoms with Crippen molar-refractivity contribution in [3.63, 3.8) is 0 Å². The van der Waals surface area contributed by atoms with Crippen LogP contribution in [0.4, 0.5) is 0 Å². The number of sulfonamides is 1. The summed E-state index contributed by atoms with van der Waals surface area (Å²) in [5, 5.41) is 5.41. The van der Waals surface area contributed by atoms with Crippen LogP contribution in [0.2, 0.25) is 5.02 Å². The van der Waals surface area contributed by atoms with Crippen LogP contribution in [0, 0.1) is 0 Å². The molecule has 0 bridgehead atoms. The fourth-order valence-electron chi connectivity index (χ4n) is 1.74. The van der Waals surface area contributed by atoms with Crippen molar-refractivity contribution >= 4 is 48.9 Å². The second-order valence-corrected chi connectivity index (χ2v) is 8.33. The Bertz CT molecular complexity index is 732. The van der Waals surface area contributed by atoms with Crippen molar-refractivity contribution in [3.05, 3.63) is 49.6 Å². The first-order valence-corrected chi connectivity index (χ1v) is 9.62. The van der Waals surface area contributed by atoms with E-state index in [1.165, 1.54) is 17.4 Å². The van der Waals surface area contributed by atoms with Gasteiger partial charge in [0.1, 0.15) is 0 Å². The molecule has 1 aromatic heterocycles. The summed E-state index contributed by atoms with van der Waals surface area (Å²) in [5.41, 5.74) is 0.749. The second-order valence-electron chi connectivity index (χ2n) is 4.30. The third-order valence-corrected chi connectivity index (χ3v) is 6.50. The summed E-state index contributed by atoms with van der Waals surface area (Å²) < 4.78 is 28.1. The fourth-order valence-corrected chi connectivity index (χ4v) is 4.49. The molecule has 21 heavy (non-hydrogen) atoms. The molecule has 114 valence electrons. The van der Waals surface area contributed by atoms with Crippen LogP contribution in [0.3, 0.4) is 0 Å². The van der Waals surface area contributed by atoms with Crippen LogP contribution in [0.5, 0.6) is 0 Å². The van der Waals surface area contributed by atoms with E-state index in [4.69, 9.17) is 11.6 Å². The highest BCUT2D eigenvalue weighted by Crippen LogP contribution is 2.24. The molecule has 8 heteroatoms. The predicted octanol–water partition coefficient (Wildman–Crippen LogP) is 3.36. The third-order valence-electron chi connectivity index (χ3n) is 2.81. The minimum Gasteiger partial charge on any atom is -0.316 e. The summed E-state index contributed by atoms with van der Waals surface area (Å²) in [6.07, 6.45) is 0. The number of nitrogens with one attached hydrogen (secondary N) is 2. The number of thiophene rings is 1. The van der Waals surface area contributed by atoms with Gasteiger partial charge in [-0.2, -0.15) is 0 Å². The summed E-state index contributed by atoms with van der Waals surface area (Å²) in [6, 6.07) is 6.59. The number of rotatable bonds is 6. The maximum Gasteiger partial charge on any atom is 0.240 e. The van der Waals surface area contributed by atoms with E-state index in [1.54, 1.807) is 19.2 Å². The highest BCUT2D eigenvalue weighted by molar-refractivity contribution is 9.10. The Hall–Kier alpha value is -0.440. The van der Waals surface area contributed by atoms with Crippen LogP contribution in [0.25, 0.3) is 0 Å². The van der Waals surface area contributed by atoms with Gasteiger partial charge in [-0.1, -0.05) is 11.6 Å². The minimum atomic E-state index is -3.56. The van der Waals surface area contributed by atoms with Crippen molar-refractivity contribution < 1.29 is 8.42 Å². The average molecular weight is 410 g/mol. The summed E-state index contributed by atoms with van der Waals surface area (Å²) in [7, 11) is -1.78. The quantitative estimate of drug-likeness (QED) is 0.769. The van der Waals surface area contributed by atoms with E-state index < -0.39 is 10.0 Å². The highest BCUT2D eigenvalue weighted by atomic mass is 79.9. The molecule has 1 aromatic carbocycles. The first kappa shape index (κ1) is 16.9. The zero-order valence-electron chi connectivity index (χ0n) is 11.2. The first-order chi connectivity index (χ1) is 9.94. The molecule has 2 N–H and O–H groups in total. The minimum absolute atomic E-state index is 0.213. The lowest BCUT2D eigenvalue weighted by Gasteiger charge is -2.09. The van der Waals surface area contributed by atoms with Gasteiger partial charge in [-0.3, -0.25) is 0 Å². The van der Waals surface area contributed by atoms with E-state index >= 15 is 0 Å². The summed E-state index contributed by atoms with van der Waals surface area (Å²) in [5.74, 6) is 0. The molecule has 4 nitrogen and oxygen atoms in total. The molecule has 0 saturated heterocycles. The van der Waals surface area contributed by atoms with Crippen molar-refractivity contribution in [3.8, 4) is 0 Å². The molecule has 1 heterocycles. The van der Waals surface area contributed by atoms with Crippen LogP contribution < -0.4 is 10.0 Å². The highest BCUT2D eigenvalue weighted by Gasteiger charge is 2.16. The Balaban J connectivity index is 2.19. The summed E-state index contributed by atoms with van der Waals surface area (Å²) in [6.45, 7) is 0.767. The molecule has 0 aliphatic carbocycles. The molecular formula is C13H14BrClN2O2S2. The zero-order chi connectivity index (χ0) is 15.5. The van der Waals surface area contributed by atoms with Crippen LogP contribution in [0.1, 0.15) is 10.4 Å².